The van der Waals surface area contributed by atoms with Crippen LogP contribution in [0.5, 0.6) is 0 Å². The zero-order valence-corrected chi connectivity index (χ0v) is 16.2. The number of aromatic amines is 1. The third-order valence-electron chi connectivity index (χ3n) is 4.28. The fourth-order valence-corrected chi connectivity index (χ4v) is 3.33. The Balaban J connectivity index is 1.64. The third-order valence-corrected chi connectivity index (χ3v) is 4.92. The van der Waals surface area contributed by atoms with Gasteiger partial charge in [0.25, 0.3) is 11.6 Å². The van der Waals surface area contributed by atoms with Crippen molar-refractivity contribution in [1.29, 1.82) is 0 Å². The second-order valence-electron chi connectivity index (χ2n) is 6.17. The highest BCUT2D eigenvalue weighted by atomic mass is 35.5. The predicted octanol–water partition coefficient (Wildman–Crippen LogP) is 5.70. The Kier molecular flexibility index (Phi) is 4.92. The van der Waals surface area contributed by atoms with Crippen LogP contribution in [0.1, 0.15) is 10.4 Å². The molecule has 0 fully saturated rings. The molecule has 9 heteroatoms. The van der Waals surface area contributed by atoms with Gasteiger partial charge in [0.2, 0.25) is 0 Å². The lowest BCUT2D eigenvalue weighted by molar-refractivity contribution is -0.384. The van der Waals surface area contributed by atoms with Crippen molar-refractivity contribution in [3.05, 3.63) is 86.4 Å². The van der Waals surface area contributed by atoms with Crippen molar-refractivity contribution in [3.8, 4) is 11.4 Å². The molecule has 0 saturated carbocycles. The summed E-state index contributed by atoms with van der Waals surface area (Å²) in [6.07, 6.45) is 0. The number of carbonyl (C=O) groups excluding carboxylic acids is 1. The summed E-state index contributed by atoms with van der Waals surface area (Å²) in [5.74, 6) is 0.0726. The fourth-order valence-electron chi connectivity index (χ4n) is 2.87. The highest BCUT2D eigenvalue weighted by Gasteiger charge is 2.16. The number of non-ortho nitro benzene ring substituents is 1. The number of carbonyl (C=O) groups is 1. The monoisotopic (exact) mass is 426 g/mol. The van der Waals surface area contributed by atoms with Crippen LogP contribution >= 0.6 is 23.2 Å². The summed E-state index contributed by atoms with van der Waals surface area (Å²) in [5, 5.41) is 14.0. The molecule has 0 bridgehead atoms. The number of anilines is 1. The molecule has 0 atom stereocenters. The topological polar surface area (TPSA) is 101 Å². The highest BCUT2D eigenvalue weighted by molar-refractivity contribution is 6.35. The number of para-hydroxylation sites is 2. The number of halogens is 2. The smallest absolute Gasteiger partial charge is 0.270 e. The summed E-state index contributed by atoms with van der Waals surface area (Å²) < 4.78 is 0. The highest BCUT2D eigenvalue weighted by Crippen LogP contribution is 2.31. The van der Waals surface area contributed by atoms with E-state index < -0.39 is 10.8 Å². The molecule has 2 N–H and O–H groups in total. The molecular formula is C20H12Cl2N4O3. The van der Waals surface area contributed by atoms with Crippen LogP contribution in [0.3, 0.4) is 0 Å². The first kappa shape index (κ1) is 18.9. The largest absolute Gasteiger partial charge is 0.338 e. The zero-order chi connectivity index (χ0) is 20.5. The number of benzene rings is 3. The van der Waals surface area contributed by atoms with Crippen molar-refractivity contribution >= 4 is 51.5 Å². The normalized spacial score (nSPS) is 10.8. The molecule has 0 unspecified atom stereocenters. The van der Waals surface area contributed by atoms with Gasteiger partial charge in [-0.3, -0.25) is 14.9 Å². The number of rotatable bonds is 4. The number of hydrogen-bond donors (Lipinski definition) is 2. The average molecular weight is 427 g/mol. The van der Waals surface area contributed by atoms with Crippen LogP contribution in [0, 0.1) is 10.1 Å². The fraction of sp³-hybridized carbons (Fsp3) is 0. The molecule has 1 aromatic heterocycles. The standard InChI is InChI=1S/C20H12Cl2N4O3/c21-15-8-5-11(9-14(15)19-24-17-3-1-2-4-18(17)25-19)23-20(27)13-7-6-12(26(28)29)10-16(13)22/h1-10H,(H,23,27)(H,24,25). The lowest BCUT2D eigenvalue weighted by Crippen LogP contribution is -2.12. The van der Waals surface area contributed by atoms with E-state index in [0.29, 0.717) is 22.1 Å². The van der Waals surface area contributed by atoms with Crippen LogP contribution in [0.15, 0.2) is 60.7 Å². The summed E-state index contributed by atoms with van der Waals surface area (Å²) in [7, 11) is 0. The van der Waals surface area contributed by atoms with Crippen molar-refractivity contribution in [2.45, 2.75) is 0 Å². The molecule has 1 amide bonds. The van der Waals surface area contributed by atoms with Gasteiger partial charge < -0.3 is 10.3 Å². The Morgan fingerprint density at radius 1 is 1.03 bits per heavy atom. The molecule has 29 heavy (non-hydrogen) atoms. The van der Waals surface area contributed by atoms with Crippen LogP contribution in [0.2, 0.25) is 10.0 Å². The Bertz CT molecular complexity index is 1240. The number of aromatic nitrogens is 2. The van der Waals surface area contributed by atoms with Crippen molar-refractivity contribution in [2.75, 3.05) is 5.32 Å². The van der Waals surface area contributed by atoms with Gasteiger partial charge in [-0.05, 0) is 36.4 Å². The minimum atomic E-state index is -0.577. The van der Waals surface area contributed by atoms with Crippen LogP contribution in [-0.4, -0.2) is 20.8 Å². The molecule has 0 aliphatic carbocycles. The first-order valence-corrected chi connectivity index (χ1v) is 9.18. The van der Waals surface area contributed by atoms with Gasteiger partial charge in [0.15, 0.2) is 0 Å². The molecule has 1 heterocycles. The third kappa shape index (κ3) is 3.78. The molecule has 0 saturated heterocycles. The average Bonchev–Trinajstić information content (AvgIpc) is 3.13. The molecule has 4 aromatic rings. The number of H-pyrrole nitrogens is 1. The first-order chi connectivity index (χ1) is 13.9. The summed E-state index contributed by atoms with van der Waals surface area (Å²) in [6, 6.07) is 16.2. The summed E-state index contributed by atoms with van der Waals surface area (Å²) in [6.45, 7) is 0. The second-order valence-corrected chi connectivity index (χ2v) is 6.99. The van der Waals surface area contributed by atoms with E-state index in [9.17, 15) is 14.9 Å². The van der Waals surface area contributed by atoms with Gasteiger partial charge in [0.05, 0.1) is 31.6 Å². The van der Waals surface area contributed by atoms with E-state index in [1.165, 1.54) is 12.1 Å². The minimum Gasteiger partial charge on any atom is -0.338 e. The molecule has 0 aliphatic rings. The van der Waals surface area contributed by atoms with Gasteiger partial charge in [-0.15, -0.1) is 0 Å². The van der Waals surface area contributed by atoms with Gasteiger partial charge in [0.1, 0.15) is 5.82 Å². The van der Waals surface area contributed by atoms with Gasteiger partial charge in [-0.2, -0.15) is 0 Å². The number of nitrogens with zero attached hydrogens (tertiary/aromatic N) is 2. The Morgan fingerprint density at radius 3 is 2.55 bits per heavy atom. The molecule has 0 radical (unpaired) electrons. The van der Waals surface area contributed by atoms with E-state index in [1.807, 2.05) is 24.3 Å². The van der Waals surface area contributed by atoms with Crippen LogP contribution in [-0.2, 0) is 0 Å². The number of nitrogens with one attached hydrogen (secondary N) is 2. The quantitative estimate of drug-likeness (QED) is 0.322. The van der Waals surface area contributed by atoms with Crippen molar-refractivity contribution in [3.63, 3.8) is 0 Å². The number of fused-ring (bicyclic) bond motifs is 1. The SMILES string of the molecule is O=C(Nc1ccc(Cl)c(-c2nc3ccccc3[nH]2)c1)c1ccc([N+](=O)[O-])cc1Cl. The van der Waals surface area contributed by atoms with Crippen molar-refractivity contribution in [2.24, 2.45) is 0 Å². The molecule has 7 nitrogen and oxygen atoms in total. The molecule has 4 rings (SSSR count). The lowest BCUT2D eigenvalue weighted by atomic mass is 10.1. The van der Waals surface area contributed by atoms with E-state index in [-0.39, 0.29) is 16.3 Å². The first-order valence-electron chi connectivity index (χ1n) is 8.42. The maximum Gasteiger partial charge on any atom is 0.270 e. The van der Waals surface area contributed by atoms with Crippen LogP contribution in [0.4, 0.5) is 11.4 Å². The summed E-state index contributed by atoms with van der Waals surface area (Å²) in [4.78, 5) is 30.5. The van der Waals surface area contributed by atoms with Gasteiger partial charge in [0, 0.05) is 23.4 Å². The molecule has 3 aromatic carbocycles. The van der Waals surface area contributed by atoms with E-state index in [0.717, 1.165) is 17.1 Å². The number of imidazole rings is 1. The lowest BCUT2D eigenvalue weighted by Gasteiger charge is -2.09. The molecule has 0 aliphatic heterocycles. The van der Waals surface area contributed by atoms with Gasteiger partial charge >= 0.3 is 0 Å². The zero-order valence-electron chi connectivity index (χ0n) is 14.6. The number of nitro benzene ring substituents is 1. The van der Waals surface area contributed by atoms with E-state index in [1.54, 1.807) is 18.2 Å². The Hall–Kier alpha value is -3.42. The molecular weight excluding hydrogens is 415 g/mol. The Labute approximate surface area is 174 Å². The number of hydrogen-bond acceptors (Lipinski definition) is 4. The Morgan fingerprint density at radius 2 is 1.83 bits per heavy atom. The van der Waals surface area contributed by atoms with E-state index >= 15 is 0 Å². The van der Waals surface area contributed by atoms with Gasteiger partial charge in [-0.1, -0.05) is 35.3 Å². The molecule has 0 spiro atoms. The molecule has 144 valence electrons. The van der Waals surface area contributed by atoms with Crippen molar-refractivity contribution in [1.82, 2.24) is 9.97 Å². The number of nitro groups is 1. The van der Waals surface area contributed by atoms with E-state index in [4.69, 9.17) is 23.2 Å². The van der Waals surface area contributed by atoms with Crippen molar-refractivity contribution < 1.29 is 9.72 Å². The maximum absolute atomic E-state index is 12.6. The second kappa shape index (κ2) is 7.54. The van der Waals surface area contributed by atoms with Crippen LogP contribution < -0.4 is 5.32 Å². The van der Waals surface area contributed by atoms with Crippen LogP contribution in [0.25, 0.3) is 22.4 Å². The summed E-state index contributed by atoms with van der Waals surface area (Å²) >= 11 is 12.4. The predicted molar refractivity (Wildman–Crippen MR) is 113 cm³/mol. The number of amides is 1. The minimum absolute atomic E-state index is 0.0110. The maximum atomic E-state index is 12.6. The van der Waals surface area contributed by atoms with Gasteiger partial charge in [-0.25, -0.2) is 4.98 Å². The summed E-state index contributed by atoms with van der Waals surface area (Å²) in [5.41, 5.74) is 2.69. The van der Waals surface area contributed by atoms with E-state index in [2.05, 4.69) is 15.3 Å².